The maximum atomic E-state index is 8.65. The first-order chi connectivity index (χ1) is 9.79. The van der Waals surface area contributed by atoms with Gasteiger partial charge in [-0.25, -0.2) is 0 Å². The van der Waals surface area contributed by atoms with Crippen molar-refractivity contribution in [1.82, 2.24) is 0 Å². The quantitative estimate of drug-likeness (QED) is 0.434. The van der Waals surface area contributed by atoms with Crippen molar-refractivity contribution < 1.29 is 0 Å². The van der Waals surface area contributed by atoms with E-state index in [2.05, 4.69) is 16.1 Å². The summed E-state index contributed by atoms with van der Waals surface area (Å²) in [5, 5.41) is 3.90. The zero-order chi connectivity index (χ0) is 13.9. The molecule has 106 valence electrons. The molecule has 0 N–H and O–H groups in total. The van der Waals surface area contributed by atoms with Gasteiger partial charge in [-0.1, -0.05) is 18.1 Å². The van der Waals surface area contributed by atoms with E-state index in [-0.39, 0.29) is 6.04 Å². The number of hydrogen-bond acceptors (Lipinski definition) is 1. The van der Waals surface area contributed by atoms with Gasteiger partial charge in [-0.15, -0.1) is 0 Å². The molecular weight excluding hydrogens is 246 g/mol. The number of benzene rings is 1. The van der Waals surface area contributed by atoms with Gasteiger partial charge in [0, 0.05) is 11.0 Å². The number of hydrogen-bond donors (Lipinski definition) is 0. The van der Waals surface area contributed by atoms with Crippen molar-refractivity contribution in [3.05, 3.63) is 44.3 Å². The van der Waals surface area contributed by atoms with Gasteiger partial charge in [-0.05, 0) is 91.1 Å². The van der Waals surface area contributed by atoms with Gasteiger partial charge in [-0.2, -0.15) is 0 Å². The zero-order valence-corrected chi connectivity index (χ0v) is 12.4. The average Bonchev–Trinajstić information content (AvgIpc) is 2.47. The van der Waals surface area contributed by atoms with Crippen molar-refractivity contribution >= 4 is 0 Å². The number of nitrogens with zero attached hydrogens (tertiary/aromatic N) is 3. The van der Waals surface area contributed by atoms with Gasteiger partial charge >= 0.3 is 0 Å². The van der Waals surface area contributed by atoms with E-state index in [1.807, 2.05) is 6.92 Å². The van der Waals surface area contributed by atoms with Crippen LogP contribution < -0.4 is 0 Å². The highest BCUT2D eigenvalue weighted by Crippen LogP contribution is 2.34. The SMILES string of the molecule is CC(Cc1c2c(cc3c1CCCC3)CCCC2)N=[N+]=[N-]. The Morgan fingerprint density at radius 3 is 2.15 bits per heavy atom. The minimum Gasteiger partial charge on any atom is -0.0906 e. The van der Waals surface area contributed by atoms with Crippen LogP contribution in [0.3, 0.4) is 0 Å². The molecule has 0 aliphatic heterocycles. The Hall–Kier alpha value is -1.47. The molecule has 2 aliphatic carbocycles. The molecule has 0 amide bonds. The number of aryl methyl sites for hydroxylation is 2. The summed E-state index contributed by atoms with van der Waals surface area (Å²) in [6.07, 6.45) is 11.1. The molecule has 1 atom stereocenters. The standard InChI is InChI=1S/C17H23N3/c1-12(19-20-18)10-17-15-8-4-2-6-13(15)11-14-7-3-5-9-16(14)17/h11-12H,2-10H2,1H3. The largest absolute Gasteiger partial charge is 0.0906 e. The minimum atomic E-state index is 0.0689. The van der Waals surface area contributed by atoms with Gasteiger partial charge in [0.2, 0.25) is 0 Å². The predicted octanol–water partition coefficient (Wildman–Crippen LogP) is 4.69. The first kappa shape index (κ1) is 13.5. The van der Waals surface area contributed by atoms with Crippen LogP contribution in [0, 0.1) is 0 Å². The molecule has 3 rings (SSSR count). The number of fused-ring (bicyclic) bond motifs is 2. The van der Waals surface area contributed by atoms with E-state index in [0.29, 0.717) is 0 Å². The second kappa shape index (κ2) is 5.88. The average molecular weight is 269 g/mol. The van der Waals surface area contributed by atoms with E-state index in [9.17, 15) is 0 Å². The summed E-state index contributed by atoms with van der Waals surface area (Å²) in [6, 6.07) is 2.56. The molecule has 0 fully saturated rings. The smallest absolute Gasteiger partial charge is 0.0386 e. The maximum Gasteiger partial charge on any atom is 0.0386 e. The normalized spacial score (nSPS) is 18.6. The van der Waals surface area contributed by atoms with Gasteiger partial charge in [-0.3, -0.25) is 0 Å². The third-order valence-corrected chi connectivity index (χ3v) is 4.85. The van der Waals surface area contributed by atoms with E-state index >= 15 is 0 Å². The molecule has 1 aromatic carbocycles. The molecule has 0 saturated heterocycles. The van der Waals surface area contributed by atoms with Crippen LogP contribution in [-0.2, 0) is 32.1 Å². The van der Waals surface area contributed by atoms with Gasteiger partial charge in [0.15, 0.2) is 0 Å². The fraction of sp³-hybridized carbons (Fsp3) is 0.647. The van der Waals surface area contributed by atoms with Crippen molar-refractivity contribution in [2.75, 3.05) is 0 Å². The summed E-state index contributed by atoms with van der Waals surface area (Å²) in [7, 11) is 0. The molecule has 3 heteroatoms. The highest BCUT2D eigenvalue weighted by molar-refractivity contribution is 5.48. The van der Waals surface area contributed by atoms with Gasteiger partial charge < -0.3 is 0 Å². The van der Waals surface area contributed by atoms with Crippen molar-refractivity contribution in [1.29, 1.82) is 0 Å². The van der Waals surface area contributed by atoms with Crippen molar-refractivity contribution in [2.24, 2.45) is 5.11 Å². The zero-order valence-electron chi connectivity index (χ0n) is 12.4. The Morgan fingerprint density at radius 2 is 1.60 bits per heavy atom. The Bertz CT molecular complexity index is 522. The first-order valence-corrected chi connectivity index (χ1v) is 7.99. The van der Waals surface area contributed by atoms with E-state index in [1.54, 1.807) is 22.3 Å². The summed E-state index contributed by atoms with van der Waals surface area (Å²) >= 11 is 0. The molecule has 0 spiro atoms. The summed E-state index contributed by atoms with van der Waals surface area (Å²) < 4.78 is 0. The van der Waals surface area contributed by atoms with Gasteiger partial charge in [0.25, 0.3) is 0 Å². The molecule has 0 saturated carbocycles. The molecule has 0 heterocycles. The highest BCUT2D eigenvalue weighted by Gasteiger charge is 2.22. The van der Waals surface area contributed by atoms with Crippen LogP contribution in [-0.4, -0.2) is 6.04 Å². The lowest BCUT2D eigenvalue weighted by molar-refractivity contribution is 0.630. The lowest BCUT2D eigenvalue weighted by atomic mass is 9.78. The highest BCUT2D eigenvalue weighted by atomic mass is 15.1. The lowest BCUT2D eigenvalue weighted by Crippen LogP contribution is -2.17. The van der Waals surface area contributed by atoms with Crippen LogP contribution in [0.4, 0.5) is 0 Å². The summed E-state index contributed by atoms with van der Waals surface area (Å²) in [4.78, 5) is 2.98. The van der Waals surface area contributed by atoms with E-state index in [0.717, 1.165) is 6.42 Å². The molecule has 1 aromatic rings. The lowest BCUT2D eigenvalue weighted by Gasteiger charge is -2.28. The van der Waals surface area contributed by atoms with Crippen molar-refractivity contribution in [2.45, 2.75) is 70.8 Å². The Balaban J connectivity index is 2.06. The predicted molar refractivity (Wildman–Crippen MR) is 82.0 cm³/mol. The maximum absolute atomic E-state index is 8.65. The van der Waals surface area contributed by atoms with Crippen LogP contribution in [0.25, 0.3) is 10.4 Å². The Labute approximate surface area is 121 Å². The Kier molecular flexibility index (Phi) is 3.98. The molecular formula is C17H23N3. The number of rotatable bonds is 3. The van der Waals surface area contributed by atoms with Crippen LogP contribution in [0.2, 0.25) is 0 Å². The van der Waals surface area contributed by atoms with Crippen LogP contribution in [0.1, 0.15) is 60.4 Å². The molecule has 1 unspecified atom stereocenters. The molecule has 0 bridgehead atoms. The fourth-order valence-corrected chi connectivity index (χ4v) is 3.93. The van der Waals surface area contributed by atoms with Crippen LogP contribution >= 0.6 is 0 Å². The Morgan fingerprint density at radius 1 is 1.05 bits per heavy atom. The topological polar surface area (TPSA) is 48.8 Å². The van der Waals surface area contributed by atoms with E-state index in [1.165, 1.54) is 56.9 Å². The molecule has 2 aliphatic rings. The molecule has 0 aromatic heterocycles. The number of azide groups is 1. The van der Waals surface area contributed by atoms with Crippen LogP contribution in [0.15, 0.2) is 11.2 Å². The second-order valence-electron chi connectivity index (χ2n) is 6.30. The summed E-state index contributed by atoms with van der Waals surface area (Å²) in [6.45, 7) is 2.04. The molecule has 3 nitrogen and oxygen atoms in total. The third-order valence-electron chi connectivity index (χ3n) is 4.85. The monoisotopic (exact) mass is 269 g/mol. The van der Waals surface area contributed by atoms with E-state index in [4.69, 9.17) is 5.53 Å². The van der Waals surface area contributed by atoms with Gasteiger partial charge in [0.1, 0.15) is 0 Å². The molecule has 0 radical (unpaired) electrons. The second-order valence-corrected chi connectivity index (χ2v) is 6.30. The van der Waals surface area contributed by atoms with Crippen molar-refractivity contribution in [3.63, 3.8) is 0 Å². The fourth-order valence-electron chi connectivity index (χ4n) is 3.93. The van der Waals surface area contributed by atoms with Crippen molar-refractivity contribution in [3.8, 4) is 0 Å². The molecule has 20 heavy (non-hydrogen) atoms. The first-order valence-electron chi connectivity index (χ1n) is 7.99. The van der Waals surface area contributed by atoms with Crippen LogP contribution in [0.5, 0.6) is 0 Å². The summed E-state index contributed by atoms with van der Waals surface area (Å²) in [5.41, 5.74) is 16.5. The summed E-state index contributed by atoms with van der Waals surface area (Å²) in [5.74, 6) is 0. The van der Waals surface area contributed by atoms with E-state index < -0.39 is 0 Å². The third kappa shape index (κ3) is 2.55. The minimum absolute atomic E-state index is 0.0689. The van der Waals surface area contributed by atoms with Gasteiger partial charge in [0.05, 0.1) is 0 Å².